The van der Waals surface area contributed by atoms with Crippen molar-refractivity contribution in [3.63, 3.8) is 0 Å². The number of hydrogen-bond acceptors (Lipinski definition) is 6. The van der Waals surface area contributed by atoms with Crippen LogP contribution in [0.3, 0.4) is 0 Å². The number of ether oxygens (including phenoxy) is 4. The average molecular weight is 312 g/mol. The number of fused-ring (bicyclic) bond motifs is 1. The Labute approximate surface area is 128 Å². The zero-order valence-electron chi connectivity index (χ0n) is 13.2. The molecule has 122 valence electrons. The summed E-state index contributed by atoms with van der Waals surface area (Å²) in [7, 11) is 1.88. The van der Waals surface area contributed by atoms with Gasteiger partial charge in [0, 0.05) is 6.92 Å². The first-order valence-electron chi connectivity index (χ1n) is 7.24. The van der Waals surface area contributed by atoms with Crippen LogP contribution in [0.1, 0.15) is 27.0 Å². The van der Waals surface area contributed by atoms with E-state index >= 15 is 0 Å². The lowest BCUT2D eigenvalue weighted by Gasteiger charge is -2.23. The van der Waals surface area contributed by atoms with E-state index in [1.54, 1.807) is 10.8 Å². The second-order valence-electron chi connectivity index (χ2n) is 6.17. The van der Waals surface area contributed by atoms with Gasteiger partial charge in [-0.05, 0) is 13.8 Å². The lowest BCUT2D eigenvalue weighted by molar-refractivity contribution is -0.671. The maximum absolute atomic E-state index is 11.1. The summed E-state index contributed by atoms with van der Waals surface area (Å²) in [5, 5.41) is 0. The van der Waals surface area contributed by atoms with Gasteiger partial charge in [0.25, 0.3) is 0 Å². The normalized spacial score (nSPS) is 32.9. The van der Waals surface area contributed by atoms with Crippen LogP contribution in [-0.2, 0) is 30.8 Å². The minimum atomic E-state index is -0.712. The summed E-state index contributed by atoms with van der Waals surface area (Å²) in [6.07, 6.45) is 2.18. The summed E-state index contributed by atoms with van der Waals surface area (Å²) in [5.74, 6) is -0.503. The molecule has 0 radical (unpaired) electrons. The van der Waals surface area contributed by atoms with Crippen molar-refractivity contribution in [1.29, 1.82) is 0 Å². The van der Waals surface area contributed by atoms with Crippen LogP contribution in [0.25, 0.3) is 0 Å². The van der Waals surface area contributed by atoms with Gasteiger partial charge in [0.1, 0.15) is 18.8 Å². The molecule has 0 unspecified atom stereocenters. The lowest BCUT2D eigenvalue weighted by atomic mass is 10.1. The van der Waals surface area contributed by atoms with Crippen LogP contribution in [0.4, 0.5) is 5.82 Å². The molecule has 1 aromatic heterocycles. The van der Waals surface area contributed by atoms with E-state index in [0.29, 0.717) is 5.82 Å². The van der Waals surface area contributed by atoms with Crippen LogP contribution < -0.4 is 10.3 Å². The highest BCUT2D eigenvalue weighted by Gasteiger charge is 2.58. The van der Waals surface area contributed by atoms with E-state index in [1.807, 2.05) is 31.8 Å². The molecule has 0 aromatic carbocycles. The van der Waals surface area contributed by atoms with Crippen molar-refractivity contribution in [3.05, 3.63) is 12.5 Å². The van der Waals surface area contributed by atoms with Crippen molar-refractivity contribution in [2.75, 3.05) is 12.3 Å². The van der Waals surface area contributed by atoms with Gasteiger partial charge in [0.15, 0.2) is 18.1 Å². The van der Waals surface area contributed by atoms with Gasteiger partial charge < -0.3 is 24.7 Å². The third-order valence-electron chi connectivity index (χ3n) is 3.79. The van der Waals surface area contributed by atoms with Gasteiger partial charge in [-0.15, -0.1) is 0 Å². The molecule has 1 aromatic rings. The number of carbonyl (C=O) groups excluding carboxylic acids is 1. The van der Waals surface area contributed by atoms with Gasteiger partial charge in [-0.2, -0.15) is 4.57 Å². The standard InChI is InChI=1S/C14H22N3O5/c1-8(18)19-6-9-11-12(22-14(2,3)21-11)13(20-9)17-7-16(4)5-10(17)15/h5,7,9,11-13H,6,15H2,1-4H3/q+1/t9-,11-,12-,13-/m1/s1. The Morgan fingerprint density at radius 1 is 1.45 bits per heavy atom. The summed E-state index contributed by atoms with van der Waals surface area (Å²) < 4.78 is 26.6. The smallest absolute Gasteiger partial charge is 0.302 e. The number of esters is 1. The van der Waals surface area contributed by atoms with E-state index in [-0.39, 0.29) is 24.8 Å². The molecule has 0 amide bonds. The van der Waals surface area contributed by atoms with E-state index < -0.39 is 18.1 Å². The largest absolute Gasteiger partial charge is 0.463 e. The Hall–Kier alpha value is -1.64. The van der Waals surface area contributed by atoms with E-state index in [9.17, 15) is 4.79 Å². The molecule has 3 rings (SSSR count). The number of nitrogens with two attached hydrogens (primary N) is 1. The van der Waals surface area contributed by atoms with Gasteiger partial charge in [-0.3, -0.25) is 4.79 Å². The number of anilines is 1. The summed E-state index contributed by atoms with van der Waals surface area (Å²) in [6.45, 7) is 5.19. The molecule has 0 spiro atoms. The van der Waals surface area contributed by atoms with Crippen LogP contribution in [0.2, 0.25) is 0 Å². The van der Waals surface area contributed by atoms with Crippen LogP contribution in [-0.4, -0.2) is 41.2 Å². The highest BCUT2D eigenvalue weighted by atomic mass is 16.8. The molecule has 22 heavy (non-hydrogen) atoms. The maximum atomic E-state index is 11.1. The Morgan fingerprint density at radius 3 is 2.73 bits per heavy atom. The molecule has 8 heteroatoms. The third-order valence-corrected chi connectivity index (χ3v) is 3.79. The van der Waals surface area contributed by atoms with E-state index in [0.717, 1.165) is 0 Å². The zero-order valence-corrected chi connectivity index (χ0v) is 13.2. The second kappa shape index (κ2) is 5.22. The Balaban J connectivity index is 1.85. The first kappa shape index (κ1) is 15.3. The second-order valence-corrected chi connectivity index (χ2v) is 6.17. The number of rotatable bonds is 3. The SMILES string of the molecule is CC(=O)OC[C@H]1O[C@@H](n2c[n+](C)cc2N)[C@@H]2OC(C)(C)O[C@@H]21. The minimum Gasteiger partial charge on any atom is -0.463 e. The molecule has 0 saturated carbocycles. The van der Waals surface area contributed by atoms with Gasteiger partial charge in [-0.1, -0.05) is 0 Å². The van der Waals surface area contributed by atoms with Gasteiger partial charge in [0.2, 0.25) is 18.4 Å². The highest BCUT2D eigenvalue weighted by molar-refractivity contribution is 5.65. The van der Waals surface area contributed by atoms with Crippen LogP contribution in [0.15, 0.2) is 12.5 Å². The molecule has 2 N–H and O–H groups in total. The van der Waals surface area contributed by atoms with Crippen LogP contribution in [0, 0.1) is 0 Å². The van der Waals surface area contributed by atoms with E-state index in [4.69, 9.17) is 24.7 Å². The fraction of sp³-hybridized carbons (Fsp3) is 0.714. The van der Waals surface area contributed by atoms with Crippen LogP contribution >= 0.6 is 0 Å². The van der Waals surface area contributed by atoms with E-state index in [2.05, 4.69) is 0 Å². The van der Waals surface area contributed by atoms with Crippen LogP contribution in [0.5, 0.6) is 0 Å². The molecule has 2 aliphatic rings. The number of nitrogens with zero attached hydrogens (tertiary/aromatic N) is 2. The number of aryl methyl sites for hydroxylation is 1. The highest BCUT2D eigenvalue weighted by Crippen LogP contribution is 2.43. The van der Waals surface area contributed by atoms with Gasteiger partial charge in [-0.25, -0.2) is 4.57 Å². The van der Waals surface area contributed by atoms with Gasteiger partial charge in [0.05, 0.1) is 7.05 Å². The number of carbonyl (C=O) groups is 1. The first-order valence-corrected chi connectivity index (χ1v) is 7.24. The topological polar surface area (TPSA) is 88.8 Å². The summed E-state index contributed by atoms with van der Waals surface area (Å²) in [5.41, 5.74) is 6.02. The summed E-state index contributed by atoms with van der Waals surface area (Å²) >= 11 is 0. The fourth-order valence-corrected chi connectivity index (χ4v) is 3.00. The molecule has 3 heterocycles. The number of hydrogen-bond donors (Lipinski definition) is 1. The van der Waals surface area contributed by atoms with Crippen molar-refractivity contribution in [3.8, 4) is 0 Å². The van der Waals surface area contributed by atoms with Gasteiger partial charge >= 0.3 is 5.97 Å². The Bertz CT molecular complexity index is 585. The summed E-state index contributed by atoms with van der Waals surface area (Å²) in [6, 6.07) is 0. The molecule has 0 bridgehead atoms. The monoisotopic (exact) mass is 312 g/mol. The molecule has 2 fully saturated rings. The summed E-state index contributed by atoms with van der Waals surface area (Å²) in [4.78, 5) is 11.1. The molecule has 8 nitrogen and oxygen atoms in total. The van der Waals surface area contributed by atoms with Crippen molar-refractivity contribution in [2.45, 2.75) is 51.1 Å². The Morgan fingerprint density at radius 2 is 2.14 bits per heavy atom. The quantitative estimate of drug-likeness (QED) is 0.618. The molecule has 0 aliphatic carbocycles. The third kappa shape index (κ3) is 2.69. The number of nitrogen functional groups attached to an aromatic ring is 1. The predicted octanol–water partition coefficient (Wildman–Crippen LogP) is -0.125. The number of aromatic nitrogens is 2. The molecule has 2 saturated heterocycles. The average Bonchev–Trinajstić information content (AvgIpc) is 2.98. The minimum absolute atomic E-state index is 0.125. The number of imidazole rings is 1. The van der Waals surface area contributed by atoms with Crippen molar-refractivity contribution in [1.82, 2.24) is 4.57 Å². The van der Waals surface area contributed by atoms with Crippen molar-refractivity contribution < 1.29 is 28.3 Å². The lowest BCUT2D eigenvalue weighted by Crippen LogP contribution is -2.33. The molecular weight excluding hydrogens is 290 g/mol. The molecule has 4 atom stereocenters. The first-order chi connectivity index (χ1) is 10.3. The fourth-order valence-electron chi connectivity index (χ4n) is 3.00. The maximum Gasteiger partial charge on any atom is 0.302 e. The zero-order chi connectivity index (χ0) is 16.1. The Kier molecular flexibility index (Phi) is 3.62. The van der Waals surface area contributed by atoms with Crippen molar-refractivity contribution in [2.24, 2.45) is 7.05 Å². The van der Waals surface area contributed by atoms with E-state index in [1.165, 1.54) is 6.92 Å². The molecule has 2 aliphatic heterocycles. The molecular formula is C14H22N3O5+. The van der Waals surface area contributed by atoms with Crippen molar-refractivity contribution >= 4 is 11.8 Å². The predicted molar refractivity (Wildman–Crippen MR) is 74.4 cm³/mol.